The van der Waals surface area contributed by atoms with Crippen LogP contribution in [0.4, 0.5) is 5.69 Å². The summed E-state index contributed by atoms with van der Waals surface area (Å²) < 4.78 is 10.3. The molecule has 2 aromatic carbocycles. The maximum Gasteiger partial charge on any atom is 0.278 e. The van der Waals surface area contributed by atoms with Crippen molar-refractivity contribution in [3.63, 3.8) is 0 Å². The predicted octanol–water partition coefficient (Wildman–Crippen LogP) is 2.13. The van der Waals surface area contributed by atoms with E-state index in [9.17, 15) is 14.9 Å². The lowest BCUT2D eigenvalue weighted by Gasteiger charge is -2.05. The van der Waals surface area contributed by atoms with Gasteiger partial charge < -0.3 is 9.47 Å². The zero-order valence-electron chi connectivity index (χ0n) is 12.8. The van der Waals surface area contributed by atoms with Gasteiger partial charge in [-0.2, -0.15) is 5.10 Å². The Labute approximate surface area is 137 Å². The lowest BCUT2D eigenvalue weighted by Crippen LogP contribution is -2.24. The smallest absolute Gasteiger partial charge is 0.278 e. The number of para-hydroxylation sites is 1. The summed E-state index contributed by atoms with van der Waals surface area (Å²) in [6.45, 7) is -0.236. The van der Waals surface area contributed by atoms with Crippen molar-refractivity contribution in [3.8, 4) is 11.5 Å². The third kappa shape index (κ3) is 4.80. The number of hydrazone groups is 1. The van der Waals surface area contributed by atoms with Gasteiger partial charge in [0, 0.05) is 6.07 Å². The van der Waals surface area contributed by atoms with E-state index in [2.05, 4.69) is 10.5 Å². The molecule has 0 aliphatic carbocycles. The van der Waals surface area contributed by atoms with E-state index < -0.39 is 10.8 Å². The summed E-state index contributed by atoms with van der Waals surface area (Å²) >= 11 is 0. The van der Waals surface area contributed by atoms with Crippen molar-refractivity contribution in [1.29, 1.82) is 0 Å². The topological polar surface area (TPSA) is 103 Å². The van der Waals surface area contributed by atoms with Crippen molar-refractivity contribution in [2.45, 2.75) is 0 Å². The Bertz CT molecular complexity index is 744. The summed E-state index contributed by atoms with van der Waals surface area (Å²) in [5.74, 6) is 0.704. The molecule has 0 aliphatic rings. The minimum atomic E-state index is -0.518. The highest BCUT2D eigenvalue weighted by atomic mass is 16.6. The summed E-state index contributed by atoms with van der Waals surface area (Å²) in [6.07, 6.45) is 1.21. The highest BCUT2D eigenvalue weighted by Gasteiger charge is 2.10. The van der Waals surface area contributed by atoms with Gasteiger partial charge in [-0.3, -0.25) is 14.9 Å². The van der Waals surface area contributed by atoms with Crippen molar-refractivity contribution in [3.05, 3.63) is 64.2 Å². The van der Waals surface area contributed by atoms with Gasteiger partial charge in [-0.25, -0.2) is 5.43 Å². The van der Waals surface area contributed by atoms with Gasteiger partial charge in [0.05, 0.1) is 23.8 Å². The fraction of sp³-hybridized carbons (Fsp3) is 0.125. The molecule has 8 nitrogen and oxygen atoms in total. The van der Waals surface area contributed by atoms with Crippen LogP contribution >= 0.6 is 0 Å². The van der Waals surface area contributed by atoms with Gasteiger partial charge in [0.15, 0.2) is 6.61 Å². The molecule has 8 heteroatoms. The van der Waals surface area contributed by atoms with Crippen molar-refractivity contribution in [1.82, 2.24) is 5.43 Å². The van der Waals surface area contributed by atoms with Crippen LogP contribution in [-0.2, 0) is 4.79 Å². The minimum absolute atomic E-state index is 0.0926. The summed E-state index contributed by atoms with van der Waals surface area (Å²) in [6, 6.07) is 12.8. The SMILES string of the molecule is COc1ccc(OCC(=O)N/N=C/c2ccccc2[N+](=O)[O-])cc1. The van der Waals surface area contributed by atoms with Gasteiger partial charge in [0.25, 0.3) is 11.6 Å². The second-order valence-electron chi connectivity index (χ2n) is 4.57. The Morgan fingerprint density at radius 2 is 1.88 bits per heavy atom. The molecule has 124 valence electrons. The molecule has 0 aromatic heterocycles. The monoisotopic (exact) mass is 329 g/mol. The third-order valence-electron chi connectivity index (χ3n) is 2.96. The average molecular weight is 329 g/mol. The molecule has 24 heavy (non-hydrogen) atoms. The third-order valence-corrected chi connectivity index (χ3v) is 2.96. The lowest BCUT2D eigenvalue weighted by molar-refractivity contribution is -0.385. The normalized spacial score (nSPS) is 10.4. The second-order valence-corrected chi connectivity index (χ2v) is 4.57. The van der Waals surface area contributed by atoms with E-state index in [0.717, 1.165) is 0 Å². The number of amides is 1. The fourth-order valence-electron chi connectivity index (χ4n) is 1.79. The van der Waals surface area contributed by atoms with E-state index in [4.69, 9.17) is 9.47 Å². The fourth-order valence-corrected chi connectivity index (χ4v) is 1.79. The van der Waals surface area contributed by atoms with Crippen LogP contribution in [0.1, 0.15) is 5.56 Å². The predicted molar refractivity (Wildman–Crippen MR) is 87.3 cm³/mol. The Balaban J connectivity index is 1.85. The van der Waals surface area contributed by atoms with Crippen LogP contribution in [0.15, 0.2) is 53.6 Å². The van der Waals surface area contributed by atoms with Crippen LogP contribution in [-0.4, -0.2) is 30.8 Å². The van der Waals surface area contributed by atoms with E-state index in [1.807, 2.05) is 0 Å². The molecule has 1 amide bonds. The van der Waals surface area contributed by atoms with E-state index >= 15 is 0 Å². The number of carbonyl (C=O) groups excluding carboxylic acids is 1. The second kappa shape index (κ2) is 8.28. The zero-order valence-corrected chi connectivity index (χ0v) is 12.8. The first kappa shape index (κ1) is 16.9. The number of nitrogens with one attached hydrogen (secondary N) is 1. The van der Waals surface area contributed by atoms with E-state index in [-0.39, 0.29) is 12.3 Å². The lowest BCUT2D eigenvalue weighted by atomic mass is 10.2. The van der Waals surface area contributed by atoms with E-state index in [0.29, 0.717) is 17.1 Å². The molecular formula is C16H15N3O5. The van der Waals surface area contributed by atoms with Gasteiger partial charge in [0.2, 0.25) is 0 Å². The number of hydrogen-bond donors (Lipinski definition) is 1. The van der Waals surface area contributed by atoms with Gasteiger partial charge in [0.1, 0.15) is 11.5 Å². The maximum absolute atomic E-state index is 11.6. The molecule has 0 bridgehead atoms. The first-order valence-corrected chi connectivity index (χ1v) is 6.92. The molecule has 0 unspecified atom stereocenters. The number of methoxy groups -OCH3 is 1. The molecule has 0 fully saturated rings. The molecule has 0 spiro atoms. The van der Waals surface area contributed by atoms with Crippen molar-refractivity contribution >= 4 is 17.8 Å². The molecule has 0 radical (unpaired) electrons. The molecule has 0 saturated heterocycles. The molecular weight excluding hydrogens is 314 g/mol. The van der Waals surface area contributed by atoms with Crippen LogP contribution in [0.25, 0.3) is 0 Å². The number of rotatable bonds is 7. The van der Waals surface area contributed by atoms with E-state index in [1.165, 1.54) is 18.3 Å². The first-order valence-electron chi connectivity index (χ1n) is 6.92. The molecule has 0 heterocycles. The number of ether oxygens (including phenoxy) is 2. The number of carbonyl (C=O) groups is 1. The molecule has 0 saturated carbocycles. The van der Waals surface area contributed by atoms with Gasteiger partial charge in [-0.15, -0.1) is 0 Å². The largest absolute Gasteiger partial charge is 0.497 e. The van der Waals surface area contributed by atoms with Crippen molar-refractivity contribution in [2.75, 3.05) is 13.7 Å². The van der Waals surface area contributed by atoms with Gasteiger partial charge in [-0.1, -0.05) is 12.1 Å². The molecule has 0 aliphatic heterocycles. The highest BCUT2D eigenvalue weighted by Crippen LogP contribution is 2.17. The van der Waals surface area contributed by atoms with Gasteiger partial charge in [-0.05, 0) is 30.3 Å². The molecule has 0 atom stereocenters. The van der Waals surface area contributed by atoms with Crippen LogP contribution < -0.4 is 14.9 Å². The highest BCUT2D eigenvalue weighted by molar-refractivity contribution is 5.86. The van der Waals surface area contributed by atoms with Gasteiger partial charge >= 0.3 is 0 Å². The summed E-state index contributed by atoms with van der Waals surface area (Å²) in [5.41, 5.74) is 2.45. The van der Waals surface area contributed by atoms with Crippen LogP contribution in [0.5, 0.6) is 11.5 Å². The summed E-state index contributed by atoms with van der Waals surface area (Å²) in [5, 5.41) is 14.5. The Morgan fingerprint density at radius 3 is 2.54 bits per heavy atom. The Hall–Kier alpha value is -3.42. The molecule has 2 aromatic rings. The van der Waals surface area contributed by atoms with Crippen LogP contribution in [0.3, 0.4) is 0 Å². The molecule has 1 N–H and O–H groups in total. The number of benzene rings is 2. The Morgan fingerprint density at radius 1 is 1.21 bits per heavy atom. The van der Waals surface area contributed by atoms with Crippen LogP contribution in [0.2, 0.25) is 0 Å². The summed E-state index contributed by atoms with van der Waals surface area (Å²) in [7, 11) is 1.55. The van der Waals surface area contributed by atoms with Crippen molar-refractivity contribution in [2.24, 2.45) is 5.10 Å². The summed E-state index contributed by atoms with van der Waals surface area (Å²) in [4.78, 5) is 22.0. The molecule has 2 rings (SSSR count). The quantitative estimate of drug-likeness (QED) is 0.476. The zero-order chi connectivity index (χ0) is 17.4. The number of nitrogens with zero attached hydrogens (tertiary/aromatic N) is 2. The van der Waals surface area contributed by atoms with Crippen molar-refractivity contribution < 1.29 is 19.2 Å². The van der Waals surface area contributed by atoms with E-state index in [1.54, 1.807) is 43.5 Å². The standard InChI is InChI=1S/C16H15N3O5/c1-23-13-6-8-14(9-7-13)24-11-16(20)18-17-10-12-4-2-3-5-15(12)19(21)22/h2-10H,11H2,1H3,(H,18,20)/b17-10+. The number of nitro benzene ring substituents is 1. The minimum Gasteiger partial charge on any atom is -0.497 e. The van der Waals surface area contributed by atoms with Crippen LogP contribution in [0, 0.1) is 10.1 Å². The Kier molecular flexibility index (Phi) is 5.84. The number of nitro groups is 1. The number of hydrogen-bond acceptors (Lipinski definition) is 6. The average Bonchev–Trinajstić information content (AvgIpc) is 2.60. The maximum atomic E-state index is 11.6. The first-order chi connectivity index (χ1) is 11.6.